The number of piperidine rings is 1. The van der Waals surface area contributed by atoms with Crippen molar-refractivity contribution in [3.8, 4) is 11.5 Å². The summed E-state index contributed by atoms with van der Waals surface area (Å²) in [6.07, 6.45) is 3.15. The van der Waals surface area contributed by atoms with Crippen LogP contribution in [0, 0.1) is 0 Å². The van der Waals surface area contributed by atoms with E-state index in [9.17, 15) is 4.79 Å². The molecule has 1 amide bonds. The van der Waals surface area contributed by atoms with Gasteiger partial charge in [0.1, 0.15) is 0 Å². The van der Waals surface area contributed by atoms with Crippen molar-refractivity contribution in [2.24, 2.45) is 0 Å². The molecule has 1 unspecified atom stereocenters. The normalized spacial score (nSPS) is 22.6. The molecule has 3 aromatic rings. The highest BCUT2D eigenvalue weighted by Gasteiger charge is 2.32. The van der Waals surface area contributed by atoms with Crippen molar-refractivity contribution < 1.29 is 18.8 Å². The zero-order valence-corrected chi connectivity index (χ0v) is 16.4. The number of carbonyl (C=O) groups excluding carboxylic acids is 1. The topological polar surface area (TPSA) is 95.5 Å². The fourth-order valence-corrected chi connectivity index (χ4v) is 4.14. The quantitative estimate of drug-likeness (QED) is 0.670. The van der Waals surface area contributed by atoms with Crippen molar-refractivity contribution >= 4 is 17.0 Å². The van der Waals surface area contributed by atoms with Crippen LogP contribution in [0.4, 0.5) is 4.79 Å². The number of benzene rings is 1. The van der Waals surface area contributed by atoms with Gasteiger partial charge in [-0.15, -0.1) is 0 Å². The third-order valence-corrected chi connectivity index (χ3v) is 5.90. The number of hydrogen-bond donors (Lipinski definition) is 0. The molecule has 5 rings (SSSR count). The van der Waals surface area contributed by atoms with Crippen LogP contribution in [-0.4, -0.2) is 63.8 Å². The zero-order valence-electron chi connectivity index (χ0n) is 16.4. The lowest BCUT2D eigenvalue weighted by molar-refractivity contribution is -0.0266. The minimum Gasteiger partial charge on any atom is -0.453 e. The SMILES string of the molecule is COC(=O)N1CC[C@@H](c2noc(-c3ccc4cnn(C5COC5)c4c3)n2)CC1C. The van der Waals surface area contributed by atoms with E-state index in [0.717, 1.165) is 29.3 Å². The molecule has 2 aromatic heterocycles. The monoisotopic (exact) mass is 397 g/mol. The standard InChI is InChI=1S/C20H23N5O4/c1-12-7-13(5-6-24(12)20(26)27-2)18-22-19(29-23-18)14-3-4-15-9-21-25(17(15)8-14)16-10-28-11-16/h3-4,8-9,12-13,16H,5-7,10-11H2,1-2H3/t12?,13-/m1/s1. The van der Waals surface area contributed by atoms with Gasteiger partial charge in [0.15, 0.2) is 5.82 Å². The Balaban J connectivity index is 1.37. The van der Waals surface area contributed by atoms with E-state index in [-0.39, 0.29) is 24.1 Å². The lowest BCUT2D eigenvalue weighted by atomic mass is 9.91. The van der Waals surface area contributed by atoms with Gasteiger partial charge in [-0.3, -0.25) is 4.68 Å². The summed E-state index contributed by atoms with van der Waals surface area (Å²) in [5, 5.41) is 9.80. The van der Waals surface area contributed by atoms with E-state index in [4.69, 9.17) is 14.0 Å². The number of carbonyl (C=O) groups is 1. The Kier molecular flexibility index (Phi) is 4.46. The van der Waals surface area contributed by atoms with Crippen molar-refractivity contribution in [1.82, 2.24) is 24.8 Å². The predicted octanol–water partition coefficient (Wildman–Crippen LogP) is 2.99. The molecule has 0 aliphatic carbocycles. The molecule has 0 saturated carbocycles. The molecule has 9 heteroatoms. The summed E-state index contributed by atoms with van der Waals surface area (Å²) >= 11 is 0. The molecule has 2 atom stereocenters. The van der Waals surface area contributed by atoms with Crippen LogP contribution in [0.1, 0.15) is 37.5 Å². The predicted molar refractivity (Wildman–Crippen MR) is 103 cm³/mol. The molecule has 2 saturated heterocycles. The Bertz CT molecular complexity index is 1040. The van der Waals surface area contributed by atoms with Gasteiger partial charge in [0.25, 0.3) is 5.89 Å². The van der Waals surface area contributed by atoms with E-state index in [1.54, 1.807) is 4.90 Å². The van der Waals surface area contributed by atoms with Crippen LogP contribution in [-0.2, 0) is 9.47 Å². The first-order valence-corrected chi connectivity index (χ1v) is 9.87. The highest BCUT2D eigenvalue weighted by molar-refractivity contribution is 5.83. The van der Waals surface area contributed by atoms with Gasteiger partial charge in [0, 0.05) is 29.5 Å². The molecule has 0 N–H and O–H groups in total. The third kappa shape index (κ3) is 3.15. The van der Waals surface area contributed by atoms with E-state index < -0.39 is 0 Å². The van der Waals surface area contributed by atoms with Gasteiger partial charge >= 0.3 is 6.09 Å². The lowest BCUT2D eigenvalue weighted by Gasteiger charge is -2.35. The molecule has 0 bridgehead atoms. The first-order valence-electron chi connectivity index (χ1n) is 9.87. The Hall–Kier alpha value is -2.94. The van der Waals surface area contributed by atoms with Crippen molar-refractivity contribution in [2.45, 2.75) is 37.8 Å². The molecule has 0 radical (unpaired) electrons. The van der Waals surface area contributed by atoms with Gasteiger partial charge < -0.3 is 18.9 Å². The number of aromatic nitrogens is 4. The van der Waals surface area contributed by atoms with Crippen LogP contribution in [0.3, 0.4) is 0 Å². The molecule has 152 valence electrons. The maximum atomic E-state index is 11.8. The summed E-state index contributed by atoms with van der Waals surface area (Å²) in [5.41, 5.74) is 1.91. The summed E-state index contributed by atoms with van der Waals surface area (Å²) in [6.45, 7) is 4.02. The molecule has 1 aromatic carbocycles. The molecular formula is C20H23N5O4. The van der Waals surface area contributed by atoms with Crippen LogP contribution < -0.4 is 0 Å². The van der Waals surface area contributed by atoms with Crippen LogP contribution in [0.2, 0.25) is 0 Å². The van der Waals surface area contributed by atoms with E-state index in [0.29, 0.717) is 31.5 Å². The van der Waals surface area contributed by atoms with Crippen molar-refractivity contribution in [2.75, 3.05) is 26.9 Å². The highest BCUT2D eigenvalue weighted by atomic mass is 16.5. The number of fused-ring (bicyclic) bond motifs is 1. The van der Waals surface area contributed by atoms with Crippen LogP contribution >= 0.6 is 0 Å². The molecule has 2 aliphatic heterocycles. The van der Waals surface area contributed by atoms with E-state index >= 15 is 0 Å². The second kappa shape index (κ2) is 7.14. The fourth-order valence-electron chi connectivity index (χ4n) is 4.14. The van der Waals surface area contributed by atoms with E-state index in [1.807, 2.05) is 36.0 Å². The Morgan fingerprint density at radius 2 is 2.17 bits per heavy atom. The number of nitrogens with zero attached hydrogens (tertiary/aromatic N) is 5. The number of amides is 1. The van der Waals surface area contributed by atoms with E-state index in [2.05, 4.69) is 15.2 Å². The molecule has 4 heterocycles. The molecule has 29 heavy (non-hydrogen) atoms. The average molecular weight is 397 g/mol. The average Bonchev–Trinajstić information content (AvgIpc) is 3.33. The number of likely N-dealkylation sites (tertiary alicyclic amines) is 1. The van der Waals surface area contributed by atoms with Gasteiger partial charge in [-0.2, -0.15) is 10.1 Å². The maximum Gasteiger partial charge on any atom is 0.409 e. The summed E-state index contributed by atoms with van der Waals surface area (Å²) < 4.78 is 17.7. The molecule has 2 aliphatic rings. The summed E-state index contributed by atoms with van der Waals surface area (Å²) in [7, 11) is 1.41. The Morgan fingerprint density at radius 1 is 1.31 bits per heavy atom. The summed E-state index contributed by atoms with van der Waals surface area (Å²) in [6, 6.07) is 6.39. The number of ether oxygens (including phenoxy) is 2. The summed E-state index contributed by atoms with van der Waals surface area (Å²) in [5.74, 6) is 1.35. The first kappa shape index (κ1) is 18.1. The maximum absolute atomic E-state index is 11.8. The van der Waals surface area contributed by atoms with Gasteiger partial charge in [-0.05, 0) is 31.9 Å². The second-order valence-corrected chi connectivity index (χ2v) is 7.75. The van der Waals surface area contributed by atoms with Crippen LogP contribution in [0.25, 0.3) is 22.4 Å². The van der Waals surface area contributed by atoms with Crippen LogP contribution in [0.15, 0.2) is 28.9 Å². The lowest BCUT2D eigenvalue weighted by Crippen LogP contribution is -2.44. The van der Waals surface area contributed by atoms with E-state index in [1.165, 1.54) is 7.11 Å². The number of methoxy groups -OCH3 is 1. The molecule has 9 nitrogen and oxygen atoms in total. The van der Waals surface area contributed by atoms with Gasteiger partial charge in [-0.25, -0.2) is 4.79 Å². The summed E-state index contributed by atoms with van der Waals surface area (Å²) in [4.78, 5) is 18.2. The number of rotatable bonds is 3. The Morgan fingerprint density at radius 3 is 2.90 bits per heavy atom. The van der Waals surface area contributed by atoms with Crippen molar-refractivity contribution in [1.29, 1.82) is 0 Å². The van der Waals surface area contributed by atoms with Crippen molar-refractivity contribution in [3.63, 3.8) is 0 Å². The highest BCUT2D eigenvalue weighted by Crippen LogP contribution is 2.32. The van der Waals surface area contributed by atoms with Gasteiger partial charge in [-0.1, -0.05) is 11.2 Å². The van der Waals surface area contributed by atoms with Crippen LogP contribution in [0.5, 0.6) is 0 Å². The third-order valence-electron chi connectivity index (χ3n) is 5.90. The first-order chi connectivity index (χ1) is 14.1. The molecule has 2 fully saturated rings. The second-order valence-electron chi connectivity index (χ2n) is 7.75. The smallest absolute Gasteiger partial charge is 0.409 e. The Labute approximate surface area is 167 Å². The van der Waals surface area contributed by atoms with Crippen molar-refractivity contribution in [3.05, 3.63) is 30.2 Å². The minimum absolute atomic E-state index is 0.0681. The molecule has 0 spiro atoms. The molecular weight excluding hydrogens is 374 g/mol. The van der Waals surface area contributed by atoms with Gasteiger partial charge in [0.05, 0.1) is 38.1 Å². The zero-order chi connectivity index (χ0) is 20.0. The fraction of sp³-hybridized carbons (Fsp3) is 0.500. The minimum atomic E-state index is -0.286. The van der Waals surface area contributed by atoms with Gasteiger partial charge in [0.2, 0.25) is 0 Å². The number of hydrogen-bond acceptors (Lipinski definition) is 7. The largest absolute Gasteiger partial charge is 0.453 e.